The number of carbonyl (C=O) groups excluding carboxylic acids is 3. The summed E-state index contributed by atoms with van der Waals surface area (Å²) < 4.78 is 5.32. The van der Waals surface area contributed by atoms with E-state index in [0.29, 0.717) is 11.3 Å². The van der Waals surface area contributed by atoms with E-state index >= 15 is 0 Å². The van der Waals surface area contributed by atoms with Crippen molar-refractivity contribution in [3.05, 3.63) is 58.1 Å². The highest BCUT2D eigenvalue weighted by Crippen LogP contribution is 2.55. The van der Waals surface area contributed by atoms with Crippen molar-refractivity contribution in [3.63, 3.8) is 0 Å². The molecule has 0 aliphatic carbocycles. The average molecular weight is 450 g/mol. The molecule has 33 heavy (non-hydrogen) atoms. The molecule has 3 aliphatic rings. The number of fused-ring (bicyclic) bond motifs is 4. The SMILES string of the molecule is COc1ccc([N+](=O)[O-])cc1N1C(=O)C2C(C(C)C)NC3(C(=O)Nc4ccccc43)C2C1=O. The Morgan fingerprint density at radius 3 is 2.52 bits per heavy atom. The fraction of sp³-hybridized carbons (Fsp3) is 0.348. The molecule has 0 bridgehead atoms. The molecule has 1 spiro atoms. The number of hydrogen-bond donors (Lipinski definition) is 2. The molecular formula is C23H22N4O6. The van der Waals surface area contributed by atoms with Crippen LogP contribution in [0.3, 0.4) is 0 Å². The average Bonchev–Trinajstić information content (AvgIpc) is 3.38. The Morgan fingerprint density at radius 1 is 1.12 bits per heavy atom. The molecule has 0 aromatic heterocycles. The van der Waals surface area contributed by atoms with Crippen molar-refractivity contribution >= 4 is 34.8 Å². The second kappa shape index (κ2) is 7.11. The van der Waals surface area contributed by atoms with Gasteiger partial charge in [-0.3, -0.25) is 29.8 Å². The van der Waals surface area contributed by atoms with E-state index in [2.05, 4.69) is 10.6 Å². The summed E-state index contributed by atoms with van der Waals surface area (Å²) in [5.74, 6) is -3.24. The Kier molecular flexibility index (Phi) is 4.54. The van der Waals surface area contributed by atoms with Gasteiger partial charge in [-0.25, -0.2) is 4.90 Å². The molecule has 4 unspecified atom stereocenters. The van der Waals surface area contributed by atoms with E-state index in [1.54, 1.807) is 24.3 Å². The van der Waals surface area contributed by atoms with Crippen LogP contribution in [0.4, 0.5) is 17.1 Å². The quantitative estimate of drug-likeness (QED) is 0.415. The first-order valence-electron chi connectivity index (χ1n) is 10.6. The van der Waals surface area contributed by atoms with Crippen molar-refractivity contribution in [2.24, 2.45) is 17.8 Å². The number of nitro groups is 1. The normalized spacial score (nSPS) is 27.8. The molecule has 2 aromatic rings. The molecule has 2 saturated heterocycles. The van der Waals surface area contributed by atoms with Gasteiger partial charge in [-0.15, -0.1) is 0 Å². The monoisotopic (exact) mass is 450 g/mol. The predicted octanol–water partition coefficient (Wildman–Crippen LogP) is 2.18. The topological polar surface area (TPSA) is 131 Å². The number of para-hydroxylation sites is 1. The summed E-state index contributed by atoms with van der Waals surface area (Å²) in [6.07, 6.45) is 0. The number of nitrogens with one attached hydrogen (secondary N) is 2. The molecule has 10 heteroatoms. The molecule has 0 radical (unpaired) electrons. The number of methoxy groups -OCH3 is 1. The number of non-ortho nitro benzene ring substituents is 1. The van der Waals surface area contributed by atoms with Gasteiger partial charge in [0.25, 0.3) is 5.69 Å². The Balaban J connectivity index is 1.70. The summed E-state index contributed by atoms with van der Waals surface area (Å²) in [5, 5.41) is 17.6. The number of anilines is 2. The Morgan fingerprint density at radius 2 is 1.85 bits per heavy atom. The van der Waals surface area contributed by atoms with Gasteiger partial charge in [0.15, 0.2) is 0 Å². The predicted molar refractivity (Wildman–Crippen MR) is 118 cm³/mol. The number of amides is 3. The first kappa shape index (κ1) is 21.1. The van der Waals surface area contributed by atoms with Crippen molar-refractivity contribution in [2.45, 2.75) is 25.4 Å². The van der Waals surface area contributed by atoms with Gasteiger partial charge in [0.2, 0.25) is 17.7 Å². The van der Waals surface area contributed by atoms with E-state index in [-0.39, 0.29) is 23.0 Å². The number of nitro benzene ring substituents is 1. The number of rotatable bonds is 4. The number of carbonyl (C=O) groups is 3. The fourth-order valence-corrected chi connectivity index (χ4v) is 5.47. The van der Waals surface area contributed by atoms with Crippen LogP contribution >= 0.6 is 0 Å². The van der Waals surface area contributed by atoms with Crippen molar-refractivity contribution in [3.8, 4) is 5.75 Å². The van der Waals surface area contributed by atoms with Crippen LogP contribution in [0.2, 0.25) is 0 Å². The molecule has 3 amide bonds. The van der Waals surface area contributed by atoms with Crippen LogP contribution in [0.25, 0.3) is 0 Å². The van der Waals surface area contributed by atoms with Crippen LogP contribution in [-0.2, 0) is 19.9 Å². The lowest BCUT2D eigenvalue weighted by molar-refractivity contribution is -0.384. The van der Waals surface area contributed by atoms with Crippen LogP contribution in [0.5, 0.6) is 5.75 Å². The molecule has 4 atom stereocenters. The molecule has 0 saturated carbocycles. The standard InChI is InChI=1S/C23H22N4O6/c1-11(2)19-17-18(23(25-19)13-6-4-5-7-14(13)24-22(23)30)21(29)26(20(17)28)15-10-12(27(31)32)8-9-16(15)33-3/h4-11,17-19,25H,1-3H3,(H,24,30). The molecule has 2 fully saturated rings. The minimum Gasteiger partial charge on any atom is -0.495 e. The van der Waals surface area contributed by atoms with E-state index in [9.17, 15) is 24.5 Å². The Bertz CT molecular complexity index is 1230. The molecule has 2 aromatic carbocycles. The smallest absolute Gasteiger partial charge is 0.271 e. The van der Waals surface area contributed by atoms with Crippen LogP contribution < -0.4 is 20.3 Å². The molecule has 3 heterocycles. The van der Waals surface area contributed by atoms with E-state index in [0.717, 1.165) is 11.0 Å². The van der Waals surface area contributed by atoms with Gasteiger partial charge < -0.3 is 10.1 Å². The van der Waals surface area contributed by atoms with Crippen LogP contribution in [0.15, 0.2) is 42.5 Å². The third-order valence-corrected chi connectivity index (χ3v) is 6.89. The zero-order valence-corrected chi connectivity index (χ0v) is 18.2. The van der Waals surface area contributed by atoms with E-state index in [1.807, 2.05) is 13.8 Å². The lowest BCUT2D eigenvalue weighted by Crippen LogP contribution is -2.54. The number of ether oxygens (including phenoxy) is 1. The molecule has 10 nitrogen and oxygen atoms in total. The first-order chi connectivity index (χ1) is 15.7. The fourth-order valence-electron chi connectivity index (χ4n) is 5.47. The Hall–Kier alpha value is -3.79. The summed E-state index contributed by atoms with van der Waals surface area (Å²) in [4.78, 5) is 52.7. The minimum atomic E-state index is -1.41. The van der Waals surface area contributed by atoms with Gasteiger partial charge in [0, 0.05) is 29.4 Å². The van der Waals surface area contributed by atoms with Crippen molar-refractivity contribution in [1.29, 1.82) is 0 Å². The van der Waals surface area contributed by atoms with Gasteiger partial charge in [-0.2, -0.15) is 0 Å². The van der Waals surface area contributed by atoms with Crippen LogP contribution in [-0.4, -0.2) is 35.8 Å². The highest BCUT2D eigenvalue weighted by molar-refractivity contribution is 6.26. The molecule has 170 valence electrons. The third-order valence-electron chi connectivity index (χ3n) is 6.89. The zero-order chi connectivity index (χ0) is 23.7. The van der Waals surface area contributed by atoms with Crippen molar-refractivity contribution in [2.75, 3.05) is 17.3 Å². The summed E-state index contributed by atoms with van der Waals surface area (Å²) in [5.41, 5.74) is -0.487. The first-order valence-corrected chi connectivity index (χ1v) is 10.6. The second-order valence-corrected chi connectivity index (χ2v) is 8.85. The van der Waals surface area contributed by atoms with Crippen LogP contribution in [0.1, 0.15) is 19.4 Å². The number of hydrogen-bond acceptors (Lipinski definition) is 7. The number of benzene rings is 2. The third kappa shape index (κ3) is 2.67. The van der Waals surface area contributed by atoms with Crippen molar-refractivity contribution < 1.29 is 24.0 Å². The lowest BCUT2D eigenvalue weighted by atomic mass is 9.76. The van der Waals surface area contributed by atoms with Gasteiger partial charge >= 0.3 is 0 Å². The van der Waals surface area contributed by atoms with Gasteiger partial charge in [-0.1, -0.05) is 32.0 Å². The maximum absolute atomic E-state index is 13.9. The lowest BCUT2D eigenvalue weighted by Gasteiger charge is -2.30. The summed E-state index contributed by atoms with van der Waals surface area (Å²) >= 11 is 0. The molecule has 2 N–H and O–H groups in total. The van der Waals surface area contributed by atoms with E-state index < -0.39 is 46.1 Å². The van der Waals surface area contributed by atoms with Crippen LogP contribution in [0, 0.1) is 27.9 Å². The summed E-state index contributed by atoms with van der Waals surface area (Å²) in [7, 11) is 1.36. The van der Waals surface area contributed by atoms with E-state index in [4.69, 9.17) is 4.74 Å². The highest BCUT2D eigenvalue weighted by Gasteiger charge is 2.71. The second-order valence-electron chi connectivity index (χ2n) is 8.85. The molecule has 5 rings (SSSR count). The maximum Gasteiger partial charge on any atom is 0.271 e. The molecular weight excluding hydrogens is 428 g/mol. The van der Waals surface area contributed by atoms with Crippen molar-refractivity contribution in [1.82, 2.24) is 5.32 Å². The highest BCUT2D eigenvalue weighted by atomic mass is 16.6. The summed E-state index contributed by atoms with van der Waals surface area (Å²) in [6, 6.07) is 10.4. The number of imide groups is 1. The number of nitrogens with zero attached hydrogens (tertiary/aromatic N) is 2. The molecule has 3 aliphatic heterocycles. The van der Waals surface area contributed by atoms with E-state index in [1.165, 1.54) is 19.2 Å². The van der Waals surface area contributed by atoms with Gasteiger partial charge in [0.05, 0.1) is 23.9 Å². The van der Waals surface area contributed by atoms with Gasteiger partial charge in [0.1, 0.15) is 17.0 Å². The largest absolute Gasteiger partial charge is 0.495 e. The summed E-state index contributed by atoms with van der Waals surface area (Å²) in [6.45, 7) is 3.84. The zero-order valence-electron chi connectivity index (χ0n) is 18.2. The van der Waals surface area contributed by atoms with Gasteiger partial charge in [-0.05, 0) is 18.1 Å². The minimum absolute atomic E-state index is 0.000413. The Labute approximate surface area is 189 Å². The maximum atomic E-state index is 13.9.